The second-order valence-electron chi connectivity index (χ2n) is 6.11. The summed E-state index contributed by atoms with van der Waals surface area (Å²) in [7, 11) is 0. The van der Waals surface area contributed by atoms with Gasteiger partial charge < -0.3 is 14.8 Å². The lowest BCUT2D eigenvalue weighted by Gasteiger charge is -2.26. The largest absolute Gasteiger partial charge is 0.484 e. The standard InChI is InChI=1S/C21H18N2O3S/c1-14(24)23-16-7-10-21(22-12-16)25-17-8-9-18-20(11-17)27-13-19(26-18)15-5-3-2-4-6-15/h2-12,19H,13H2,1H3,(H,23,24). The molecule has 0 saturated carbocycles. The van der Waals surface area contributed by atoms with Gasteiger partial charge in [-0.2, -0.15) is 0 Å². The highest BCUT2D eigenvalue weighted by Gasteiger charge is 2.22. The second kappa shape index (κ2) is 7.72. The molecule has 0 fully saturated rings. The van der Waals surface area contributed by atoms with E-state index < -0.39 is 0 Å². The van der Waals surface area contributed by atoms with Gasteiger partial charge in [0.25, 0.3) is 0 Å². The highest BCUT2D eigenvalue weighted by atomic mass is 32.2. The molecule has 6 heteroatoms. The highest BCUT2D eigenvalue weighted by Crippen LogP contribution is 2.42. The van der Waals surface area contributed by atoms with Crippen LogP contribution in [-0.4, -0.2) is 16.6 Å². The summed E-state index contributed by atoms with van der Waals surface area (Å²) < 4.78 is 12.0. The Morgan fingerprint density at radius 2 is 2.04 bits per heavy atom. The number of aromatic nitrogens is 1. The molecule has 1 N–H and O–H groups in total. The van der Waals surface area contributed by atoms with Crippen molar-refractivity contribution in [2.24, 2.45) is 0 Å². The zero-order valence-electron chi connectivity index (χ0n) is 14.7. The molecule has 1 aliphatic heterocycles. The average Bonchev–Trinajstić information content (AvgIpc) is 2.69. The number of nitrogens with zero attached hydrogens (tertiary/aromatic N) is 1. The van der Waals surface area contributed by atoms with Crippen molar-refractivity contribution in [2.75, 3.05) is 11.1 Å². The minimum absolute atomic E-state index is 0.0541. The van der Waals surface area contributed by atoms with Gasteiger partial charge in [-0.05, 0) is 29.8 Å². The number of carbonyl (C=O) groups is 1. The van der Waals surface area contributed by atoms with Crippen molar-refractivity contribution in [2.45, 2.75) is 17.9 Å². The maximum absolute atomic E-state index is 11.1. The van der Waals surface area contributed by atoms with E-state index in [9.17, 15) is 4.79 Å². The van der Waals surface area contributed by atoms with Crippen molar-refractivity contribution in [1.82, 2.24) is 4.98 Å². The summed E-state index contributed by atoms with van der Waals surface area (Å²) in [6.07, 6.45) is 1.62. The number of pyridine rings is 1. The molecule has 1 aliphatic rings. The van der Waals surface area contributed by atoms with Gasteiger partial charge in [-0.3, -0.25) is 4.79 Å². The molecule has 5 nitrogen and oxygen atoms in total. The van der Waals surface area contributed by atoms with Crippen LogP contribution in [0.25, 0.3) is 0 Å². The first-order valence-electron chi connectivity index (χ1n) is 8.57. The van der Waals surface area contributed by atoms with Crippen molar-refractivity contribution >= 4 is 23.4 Å². The number of ether oxygens (including phenoxy) is 2. The van der Waals surface area contributed by atoms with E-state index in [2.05, 4.69) is 22.4 Å². The molecule has 0 bridgehead atoms. The van der Waals surface area contributed by atoms with E-state index in [0.29, 0.717) is 17.3 Å². The van der Waals surface area contributed by atoms with E-state index in [1.165, 1.54) is 12.5 Å². The van der Waals surface area contributed by atoms with Crippen LogP contribution in [-0.2, 0) is 4.79 Å². The van der Waals surface area contributed by atoms with Gasteiger partial charge in [0.05, 0.1) is 16.8 Å². The number of amides is 1. The third-order valence-corrected chi connectivity index (χ3v) is 5.12. The topological polar surface area (TPSA) is 60.5 Å². The molecule has 1 atom stereocenters. The summed E-state index contributed by atoms with van der Waals surface area (Å²) in [5, 5.41) is 2.68. The highest BCUT2D eigenvalue weighted by molar-refractivity contribution is 7.99. The fraction of sp³-hybridized carbons (Fsp3) is 0.143. The van der Waals surface area contributed by atoms with Crippen molar-refractivity contribution in [3.8, 4) is 17.4 Å². The van der Waals surface area contributed by atoms with Gasteiger partial charge in [0.1, 0.15) is 17.6 Å². The molecular weight excluding hydrogens is 360 g/mol. The Hall–Kier alpha value is -2.99. The van der Waals surface area contributed by atoms with E-state index in [-0.39, 0.29) is 12.0 Å². The molecule has 2 aromatic carbocycles. The molecule has 27 heavy (non-hydrogen) atoms. The minimum Gasteiger partial charge on any atom is -0.484 e. The van der Waals surface area contributed by atoms with Gasteiger partial charge >= 0.3 is 0 Å². The first-order chi connectivity index (χ1) is 13.2. The van der Waals surface area contributed by atoms with Gasteiger partial charge in [0.15, 0.2) is 0 Å². The molecule has 0 saturated heterocycles. The lowest BCUT2D eigenvalue weighted by atomic mass is 10.1. The van der Waals surface area contributed by atoms with E-state index >= 15 is 0 Å². The Morgan fingerprint density at radius 1 is 1.19 bits per heavy atom. The number of thioether (sulfide) groups is 1. The lowest BCUT2D eigenvalue weighted by molar-refractivity contribution is -0.114. The van der Waals surface area contributed by atoms with Crippen LogP contribution in [0.2, 0.25) is 0 Å². The second-order valence-corrected chi connectivity index (χ2v) is 7.17. The van der Waals surface area contributed by atoms with Crippen molar-refractivity contribution < 1.29 is 14.3 Å². The van der Waals surface area contributed by atoms with Crippen LogP contribution < -0.4 is 14.8 Å². The number of fused-ring (bicyclic) bond motifs is 1. The zero-order valence-corrected chi connectivity index (χ0v) is 15.5. The number of nitrogens with one attached hydrogen (secondary N) is 1. The van der Waals surface area contributed by atoms with Crippen molar-refractivity contribution in [3.63, 3.8) is 0 Å². The van der Waals surface area contributed by atoms with E-state index in [0.717, 1.165) is 16.4 Å². The summed E-state index contributed by atoms with van der Waals surface area (Å²) in [6, 6.07) is 19.5. The van der Waals surface area contributed by atoms with Crippen LogP contribution in [0, 0.1) is 0 Å². The van der Waals surface area contributed by atoms with Crippen LogP contribution in [0.15, 0.2) is 71.8 Å². The van der Waals surface area contributed by atoms with E-state index in [4.69, 9.17) is 9.47 Å². The number of carbonyl (C=O) groups excluding carboxylic acids is 1. The predicted molar refractivity (Wildman–Crippen MR) is 106 cm³/mol. The summed E-state index contributed by atoms with van der Waals surface area (Å²) in [6.45, 7) is 1.46. The van der Waals surface area contributed by atoms with E-state index in [1.807, 2.05) is 36.4 Å². The van der Waals surface area contributed by atoms with Gasteiger partial charge in [0.2, 0.25) is 11.8 Å². The van der Waals surface area contributed by atoms with Crippen LogP contribution in [0.4, 0.5) is 5.69 Å². The molecule has 0 aliphatic carbocycles. The van der Waals surface area contributed by atoms with Crippen LogP contribution >= 0.6 is 11.8 Å². The molecule has 1 unspecified atom stereocenters. The number of benzene rings is 2. The van der Waals surface area contributed by atoms with Crippen LogP contribution in [0.1, 0.15) is 18.6 Å². The third-order valence-electron chi connectivity index (χ3n) is 4.03. The van der Waals surface area contributed by atoms with Gasteiger partial charge in [-0.1, -0.05) is 30.3 Å². The van der Waals surface area contributed by atoms with Crippen molar-refractivity contribution in [1.29, 1.82) is 0 Å². The summed E-state index contributed by atoms with van der Waals surface area (Å²) in [4.78, 5) is 16.3. The quantitative estimate of drug-likeness (QED) is 0.688. The third kappa shape index (κ3) is 4.23. The molecule has 3 aromatic rings. The molecule has 136 valence electrons. The monoisotopic (exact) mass is 378 g/mol. The number of hydrogen-bond acceptors (Lipinski definition) is 5. The first kappa shape index (κ1) is 17.4. The normalized spacial score (nSPS) is 15.4. The fourth-order valence-corrected chi connectivity index (χ4v) is 3.83. The summed E-state index contributed by atoms with van der Waals surface area (Å²) in [5.74, 6) is 2.74. The molecule has 1 amide bonds. The van der Waals surface area contributed by atoms with Crippen LogP contribution in [0.5, 0.6) is 17.4 Å². The van der Waals surface area contributed by atoms with Crippen LogP contribution in [0.3, 0.4) is 0 Å². The Morgan fingerprint density at radius 3 is 2.78 bits per heavy atom. The maximum Gasteiger partial charge on any atom is 0.221 e. The van der Waals surface area contributed by atoms with Crippen molar-refractivity contribution in [3.05, 3.63) is 72.4 Å². The predicted octanol–water partition coefficient (Wildman–Crippen LogP) is 5.06. The SMILES string of the molecule is CC(=O)Nc1ccc(Oc2ccc3c(c2)SCC(c2ccccc2)O3)nc1. The Labute approximate surface area is 161 Å². The average molecular weight is 378 g/mol. The Balaban J connectivity index is 1.45. The lowest BCUT2D eigenvalue weighted by Crippen LogP contribution is -2.14. The Kier molecular flexibility index (Phi) is 4.98. The van der Waals surface area contributed by atoms with E-state index in [1.54, 1.807) is 30.1 Å². The van der Waals surface area contributed by atoms with Gasteiger partial charge in [-0.15, -0.1) is 11.8 Å². The summed E-state index contributed by atoms with van der Waals surface area (Å²) in [5.41, 5.74) is 1.82. The maximum atomic E-state index is 11.1. The molecule has 4 rings (SSSR count). The molecule has 1 aromatic heterocycles. The molecule has 0 radical (unpaired) electrons. The van der Waals surface area contributed by atoms with Gasteiger partial charge in [0, 0.05) is 18.7 Å². The Bertz CT molecular complexity index is 945. The zero-order chi connectivity index (χ0) is 18.6. The summed E-state index contributed by atoms with van der Waals surface area (Å²) >= 11 is 1.75. The first-order valence-corrected chi connectivity index (χ1v) is 9.56. The molecule has 0 spiro atoms. The minimum atomic E-state index is -0.133. The number of rotatable bonds is 4. The fourth-order valence-electron chi connectivity index (χ4n) is 2.79. The smallest absolute Gasteiger partial charge is 0.221 e. The van der Waals surface area contributed by atoms with Gasteiger partial charge in [-0.25, -0.2) is 4.98 Å². The number of anilines is 1. The molecule has 2 heterocycles. The number of hydrogen-bond donors (Lipinski definition) is 1. The molecular formula is C21H18N2O3S.